The van der Waals surface area contributed by atoms with Crippen molar-refractivity contribution < 1.29 is 4.74 Å². The number of ether oxygens (including phenoxy) is 1. The van der Waals surface area contributed by atoms with Crippen molar-refractivity contribution in [2.24, 2.45) is 0 Å². The first kappa shape index (κ1) is 16.5. The van der Waals surface area contributed by atoms with Crippen LogP contribution in [0.2, 0.25) is 0 Å². The third-order valence-electron chi connectivity index (χ3n) is 4.75. The summed E-state index contributed by atoms with van der Waals surface area (Å²) in [5, 5.41) is 0. The summed E-state index contributed by atoms with van der Waals surface area (Å²) in [5.41, 5.74) is 1.18. The SMILES string of the molecule is COc1nccnc1N1CCCC(c2nccn2Cc2cccnc2)C1. The van der Waals surface area contributed by atoms with Crippen LogP contribution < -0.4 is 9.64 Å². The molecule has 4 rings (SSSR count). The van der Waals surface area contributed by atoms with Crippen LogP contribution in [0.5, 0.6) is 5.88 Å². The number of pyridine rings is 1. The molecule has 3 aromatic heterocycles. The van der Waals surface area contributed by atoms with E-state index in [1.165, 1.54) is 5.56 Å². The van der Waals surface area contributed by atoms with Crippen molar-refractivity contribution in [3.63, 3.8) is 0 Å². The molecule has 1 aliphatic heterocycles. The Hall–Kier alpha value is -2.96. The van der Waals surface area contributed by atoms with Crippen molar-refractivity contribution in [2.45, 2.75) is 25.3 Å². The highest BCUT2D eigenvalue weighted by Gasteiger charge is 2.27. The molecule has 134 valence electrons. The van der Waals surface area contributed by atoms with E-state index in [2.05, 4.69) is 35.5 Å². The Balaban J connectivity index is 1.55. The van der Waals surface area contributed by atoms with E-state index in [4.69, 9.17) is 4.74 Å². The lowest BCUT2D eigenvalue weighted by Crippen LogP contribution is -2.36. The highest BCUT2D eigenvalue weighted by Crippen LogP contribution is 2.31. The summed E-state index contributed by atoms with van der Waals surface area (Å²) in [5.74, 6) is 2.85. The predicted octanol–water partition coefficient (Wildman–Crippen LogP) is 2.51. The minimum Gasteiger partial charge on any atom is -0.478 e. The highest BCUT2D eigenvalue weighted by atomic mass is 16.5. The second kappa shape index (κ2) is 7.51. The normalized spacial score (nSPS) is 17.3. The van der Waals surface area contributed by atoms with Gasteiger partial charge in [-0.25, -0.2) is 15.0 Å². The van der Waals surface area contributed by atoms with Crippen LogP contribution in [0.15, 0.2) is 49.3 Å². The van der Waals surface area contributed by atoms with E-state index >= 15 is 0 Å². The van der Waals surface area contributed by atoms with Crippen molar-refractivity contribution in [3.8, 4) is 5.88 Å². The van der Waals surface area contributed by atoms with Gasteiger partial charge in [0.05, 0.1) is 13.7 Å². The average molecular weight is 350 g/mol. The molecular formula is C19H22N6O. The number of rotatable bonds is 5. The molecule has 1 fully saturated rings. The summed E-state index contributed by atoms with van der Waals surface area (Å²) >= 11 is 0. The maximum atomic E-state index is 5.38. The number of methoxy groups -OCH3 is 1. The molecule has 0 amide bonds. The molecule has 1 unspecified atom stereocenters. The summed E-state index contributed by atoms with van der Waals surface area (Å²) in [6.45, 7) is 2.60. The van der Waals surface area contributed by atoms with Gasteiger partial charge in [0.2, 0.25) is 0 Å². The van der Waals surface area contributed by atoms with E-state index < -0.39 is 0 Å². The number of nitrogens with zero attached hydrogens (tertiary/aromatic N) is 6. The number of anilines is 1. The Labute approximate surface area is 152 Å². The van der Waals surface area contributed by atoms with Gasteiger partial charge >= 0.3 is 0 Å². The smallest absolute Gasteiger partial charge is 0.257 e. The molecule has 7 nitrogen and oxygen atoms in total. The molecule has 26 heavy (non-hydrogen) atoms. The van der Waals surface area contributed by atoms with E-state index in [0.29, 0.717) is 11.8 Å². The first-order valence-corrected chi connectivity index (χ1v) is 8.85. The number of hydrogen-bond donors (Lipinski definition) is 0. The molecule has 0 radical (unpaired) electrons. The molecule has 0 saturated carbocycles. The molecule has 3 aromatic rings. The first-order valence-electron chi connectivity index (χ1n) is 8.85. The zero-order valence-electron chi connectivity index (χ0n) is 14.8. The average Bonchev–Trinajstić information content (AvgIpc) is 3.17. The second-order valence-corrected chi connectivity index (χ2v) is 6.45. The van der Waals surface area contributed by atoms with Crippen LogP contribution >= 0.6 is 0 Å². The van der Waals surface area contributed by atoms with Crippen molar-refractivity contribution in [1.29, 1.82) is 0 Å². The van der Waals surface area contributed by atoms with Crippen molar-refractivity contribution in [1.82, 2.24) is 24.5 Å². The van der Waals surface area contributed by atoms with E-state index in [9.17, 15) is 0 Å². The number of hydrogen-bond acceptors (Lipinski definition) is 6. The number of piperidine rings is 1. The monoisotopic (exact) mass is 350 g/mol. The van der Waals surface area contributed by atoms with Crippen LogP contribution in [0, 0.1) is 0 Å². The molecule has 0 aliphatic carbocycles. The largest absolute Gasteiger partial charge is 0.478 e. The van der Waals surface area contributed by atoms with Gasteiger partial charge in [0, 0.05) is 56.2 Å². The second-order valence-electron chi connectivity index (χ2n) is 6.45. The molecule has 1 saturated heterocycles. The first-order chi connectivity index (χ1) is 12.8. The Morgan fingerprint density at radius 3 is 2.92 bits per heavy atom. The van der Waals surface area contributed by atoms with Gasteiger partial charge in [0.1, 0.15) is 5.82 Å². The topological polar surface area (TPSA) is 69.0 Å². The molecule has 0 bridgehead atoms. The number of imidazole rings is 1. The molecule has 1 atom stereocenters. The Morgan fingerprint density at radius 2 is 2.08 bits per heavy atom. The highest BCUT2D eigenvalue weighted by molar-refractivity contribution is 5.48. The van der Waals surface area contributed by atoms with Gasteiger partial charge in [0.25, 0.3) is 5.88 Å². The van der Waals surface area contributed by atoms with Gasteiger partial charge in [-0.15, -0.1) is 0 Å². The lowest BCUT2D eigenvalue weighted by molar-refractivity contribution is 0.390. The zero-order valence-corrected chi connectivity index (χ0v) is 14.8. The Kier molecular flexibility index (Phi) is 4.77. The molecule has 1 aliphatic rings. The molecule has 7 heteroatoms. The van der Waals surface area contributed by atoms with Crippen LogP contribution in [-0.4, -0.2) is 44.7 Å². The fourth-order valence-corrected chi connectivity index (χ4v) is 3.56. The summed E-state index contributed by atoms with van der Waals surface area (Å²) in [6.07, 6.45) is 13.2. The molecule has 4 heterocycles. The van der Waals surface area contributed by atoms with E-state index in [1.54, 1.807) is 25.7 Å². The summed E-state index contributed by atoms with van der Waals surface area (Å²) < 4.78 is 7.61. The van der Waals surface area contributed by atoms with Crippen molar-refractivity contribution in [3.05, 3.63) is 60.7 Å². The Bertz CT molecular complexity index is 850. The standard InChI is InChI=1S/C19H22N6O/c1-26-19-18(21-7-8-23-19)24-10-3-5-16(14-24)17-22-9-11-25(17)13-15-4-2-6-20-12-15/h2,4,6-9,11-12,16H,3,5,10,13-14H2,1H3. The van der Waals surface area contributed by atoms with Gasteiger partial charge in [-0.1, -0.05) is 6.07 Å². The van der Waals surface area contributed by atoms with Gasteiger partial charge < -0.3 is 14.2 Å². The quantitative estimate of drug-likeness (QED) is 0.704. The van der Waals surface area contributed by atoms with Crippen LogP contribution in [0.1, 0.15) is 30.1 Å². The summed E-state index contributed by atoms with van der Waals surface area (Å²) in [4.78, 5) is 19.9. The zero-order chi connectivity index (χ0) is 17.8. The van der Waals surface area contributed by atoms with Crippen LogP contribution in [-0.2, 0) is 6.54 Å². The molecule has 0 aromatic carbocycles. The third kappa shape index (κ3) is 3.37. The summed E-state index contributed by atoms with van der Waals surface area (Å²) in [6, 6.07) is 4.06. The van der Waals surface area contributed by atoms with E-state index in [1.807, 2.05) is 24.7 Å². The van der Waals surface area contributed by atoms with Gasteiger partial charge in [-0.2, -0.15) is 0 Å². The van der Waals surface area contributed by atoms with Crippen molar-refractivity contribution >= 4 is 5.82 Å². The summed E-state index contributed by atoms with van der Waals surface area (Å²) in [7, 11) is 1.63. The Morgan fingerprint density at radius 1 is 1.15 bits per heavy atom. The maximum Gasteiger partial charge on any atom is 0.257 e. The van der Waals surface area contributed by atoms with Crippen LogP contribution in [0.25, 0.3) is 0 Å². The lowest BCUT2D eigenvalue weighted by Gasteiger charge is -2.33. The predicted molar refractivity (Wildman–Crippen MR) is 98.3 cm³/mol. The number of aromatic nitrogens is 5. The van der Waals surface area contributed by atoms with Gasteiger partial charge in [-0.05, 0) is 24.5 Å². The molecule has 0 spiro atoms. The minimum atomic E-state index is 0.349. The van der Waals surface area contributed by atoms with E-state index in [-0.39, 0.29) is 0 Å². The molecule has 0 N–H and O–H groups in total. The fraction of sp³-hybridized carbons (Fsp3) is 0.368. The van der Waals surface area contributed by atoms with Crippen LogP contribution in [0.4, 0.5) is 5.82 Å². The van der Waals surface area contributed by atoms with Crippen LogP contribution in [0.3, 0.4) is 0 Å². The maximum absolute atomic E-state index is 5.38. The van der Waals surface area contributed by atoms with Gasteiger partial charge in [-0.3, -0.25) is 4.98 Å². The molecular weight excluding hydrogens is 328 g/mol. The third-order valence-corrected chi connectivity index (χ3v) is 4.75. The van der Waals surface area contributed by atoms with E-state index in [0.717, 1.165) is 44.1 Å². The fourth-order valence-electron chi connectivity index (χ4n) is 3.56. The van der Waals surface area contributed by atoms with Crippen molar-refractivity contribution in [2.75, 3.05) is 25.1 Å². The lowest BCUT2D eigenvalue weighted by atomic mass is 9.97. The van der Waals surface area contributed by atoms with Gasteiger partial charge in [0.15, 0.2) is 5.82 Å². The minimum absolute atomic E-state index is 0.349.